The summed E-state index contributed by atoms with van der Waals surface area (Å²) >= 11 is 1.44. The van der Waals surface area contributed by atoms with Crippen LogP contribution in [0.1, 0.15) is 31.2 Å². The molecule has 0 N–H and O–H groups in total. The number of hydrogen-bond donors (Lipinski definition) is 0. The van der Waals surface area contributed by atoms with Crippen LogP contribution in [0.2, 0.25) is 0 Å². The number of fused-ring (bicyclic) bond motifs is 1. The van der Waals surface area contributed by atoms with Crippen molar-refractivity contribution >= 4 is 42.6 Å². The van der Waals surface area contributed by atoms with E-state index in [0.29, 0.717) is 50.0 Å². The SMILES string of the molecule is CCOc1cccc2sc(N(CCn3nc(C)cc3C)C(=O)C3CCCN(S(=O)(=O)c4ccccc4)C3)nc12. The van der Waals surface area contributed by atoms with Crippen LogP contribution >= 0.6 is 11.3 Å². The first-order chi connectivity index (χ1) is 18.8. The summed E-state index contributed by atoms with van der Waals surface area (Å²) in [5.41, 5.74) is 2.65. The predicted molar refractivity (Wildman–Crippen MR) is 153 cm³/mol. The summed E-state index contributed by atoms with van der Waals surface area (Å²) in [4.78, 5) is 20.9. The Kier molecular flexibility index (Phi) is 8.01. The van der Waals surface area contributed by atoms with Gasteiger partial charge in [0.15, 0.2) is 5.13 Å². The van der Waals surface area contributed by atoms with Crippen LogP contribution in [0.4, 0.5) is 5.13 Å². The molecule has 1 saturated heterocycles. The first kappa shape index (κ1) is 27.3. The Morgan fingerprint density at radius 2 is 1.95 bits per heavy atom. The normalized spacial score (nSPS) is 16.4. The van der Waals surface area contributed by atoms with Crippen molar-refractivity contribution < 1.29 is 17.9 Å². The van der Waals surface area contributed by atoms with Crippen molar-refractivity contribution in [1.82, 2.24) is 19.1 Å². The molecule has 1 aliphatic heterocycles. The van der Waals surface area contributed by atoms with Gasteiger partial charge in [0.2, 0.25) is 15.9 Å². The topological polar surface area (TPSA) is 97.6 Å². The van der Waals surface area contributed by atoms with Crippen LogP contribution in [-0.4, -0.2) is 59.6 Å². The van der Waals surface area contributed by atoms with Gasteiger partial charge in [-0.3, -0.25) is 14.4 Å². The molecule has 0 saturated carbocycles. The minimum atomic E-state index is -3.69. The number of aromatic nitrogens is 3. The highest BCUT2D eigenvalue weighted by molar-refractivity contribution is 7.89. The fraction of sp³-hybridized carbons (Fsp3) is 0.393. The number of amides is 1. The molecule has 4 aromatic rings. The van der Waals surface area contributed by atoms with E-state index >= 15 is 0 Å². The molecule has 2 aromatic carbocycles. The van der Waals surface area contributed by atoms with Crippen molar-refractivity contribution in [3.05, 3.63) is 66.0 Å². The van der Waals surface area contributed by atoms with Gasteiger partial charge in [0.1, 0.15) is 11.3 Å². The molecular weight excluding hydrogens is 534 g/mol. The number of benzene rings is 2. The molecule has 39 heavy (non-hydrogen) atoms. The number of sulfonamides is 1. The van der Waals surface area contributed by atoms with Crippen LogP contribution in [0, 0.1) is 19.8 Å². The Labute approximate surface area is 233 Å². The molecule has 2 aromatic heterocycles. The molecule has 1 atom stereocenters. The van der Waals surface area contributed by atoms with E-state index in [1.165, 1.54) is 15.6 Å². The number of carbonyl (C=O) groups is 1. The van der Waals surface area contributed by atoms with Crippen LogP contribution in [0.15, 0.2) is 59.5 Å². The maximum Gasteiger partial charge on any atom is 0.243 e. The van der Waals surface area contributed by atoms with Gasteiger partial charge in [-0.2, -0.15) is 9.40 Å². The summed E-state index contributed by atoms with van der Waals surface area (Å²) in [6, 6.07) is 16.2. The van der Waals surface area contributed by atoms with E-state index < -0.39 is 15.9 Å². The summed E-state index contributed by atoms with van der Waals surface area (Å²) in [5.74, 6) is 0.0822. The standard InChI is InChI=1S/C28H33N5O4S2/c1-4-37-24-13-8-14-25-26(24)29-28(38-25)32(16-17-33-21(3)18-20(2)30-33)27(34)22-10-9-15-31(19-22)39(35,36)23-11-6-5-7-12-23/h5-8,11-14,18,22H,4,9-10,15-17,19H2,1-3H3. The molecule has 1 unspecified atom stereocenters. The number of ether oxygens (including phenoxy) is 1. The Morgan fingerprint density at radius 1 is 1.15 bits per heavy atom. The van der Waals surface area contributed by atoms with E-state index in [-0.39, 0.29) is 17.3 Å². The number of aryl methyl sites for hydroxylation is 2. The lowest BCUT2D eigenvalue weighted by atomic mass is 9.98. The fourth-order valence-corrected chi connectivity index (χ4v) is 7.58. The molecule has 11 heteroatoms. The number of piperidine rings is 1. The third-order valence-corrected chi connectivity index (χ3v) is 9.84. The van der Waals surface area contributed by atoms with Crippen LogP contribution in [0.25, 0.3) is 10.2 Å². The summed E-state index contributed by atoms with van der Waals surface area (Å²) in [6.07, 6.45) is 1.23. The maximum absolute atomic E-state index is 14.1. The van der Waals surface area contributed by atoms with Crippen molar-refractivity contribution in [3.63, 3.8) is 0 Å². The van der Waals surface area contributed by atoms with Crippen molar-refractivity contribution in [3.8, 4) is 5.75 Å². The van der Waals surface area contributed by atoms with Gasteiger partial charge in [0.25, 0.3) is 0 Å². The average Bonchev–Trinajstić information content (AvgIpc) is 3.52. The molecule has 5 rings (SSSR count). The average molecular weight is 568 g/mol. The number of anilines is 1. The lowest BCUT2D eigenvalue weighted by Gasteiger charge is -2.33. The van der Waals surface area contributed by atoms with Crippen LogP contribution < -0.4 is 9.64 Å². The second-order valence-corrected chi connectivity index (χ2v) is 12.6. The molecule has 0 bridgehead atoms. The lowest BCUT2D eigenvalue weighted by molar-refractivity contribution is -0.123. The molecule has 9 nitrogen and oxygen atoms in total. The third kappa shape index (κ3) is 5.70. The highest BCUT2D eigenvalue weighted by Gasteiger charge is 2.36. The smallest absolute Gasteiger partial charge is 0.243 e. The summed E-state index contributed by atoms with van der Waals surface area (Å²) in [6.45, 7) is 7.78. The molecular formula is C28H33N5O4S2. The zero-order chi connectivity index (χ0) is 27.6. The van der Waals surface area contributed by atoms with E-state index in [1.54, 1.807) is 35.2 Å². The summed E-state index contributed by atoms with van der Waals surface area (Å²) in [5, 5.41) is 5.14. The van der Waals surface area contributed by atoms with Gasteiger partial charge in [-0.25, -0.2) is 13.4 Å². The third-order valence-electron chi connectivity index (χ3n) is 6.92. The quantitative estimate of drug-likeness (QED) is 0.292. The zero-order valence-electron chi connectivity index (χ0n) is 22.4. The predicted octanol–water partition coefficient (Wildman–Crippen LogP) is 4.64. The minimum Gasteiger partial charge on any atom is -0.492 e. The van der Waals surface area contributed by atoms with Gasteiger partial charge < -0.3 is 4.74 Å². The van der Waals surface area contributed by atoms with E-state index in [1.807, 2.05) is 49.7 Å². The van der Waals surface area contributed by atoms with Crippen LogP contribution in [0.5, 0.6) is 5.75 Å². The Morgan fingerprint density at radius 3 is 2.67 bits per heavy atom. The van der Waals surface area contributed by atoms with Crippen LogP contribution in [-0.2, 0) is 21.4 Å². The first-order valence-electron chi connectivity index (χ1n) is 13.2. The maximum atomic E-state index is 14.1. The number of nitrogens with zero attached hydrogens (tertiary/aromatic N) is 5. The molecule has 1 amide bonds. The van der Waals surface area contributed by atoms with Crippen LogP contribution in [0.3, 0.4) is 0 Å². The molecule has 0 spiro atoms. The van der Waals surface area contributed by atoms with Gasteiger partial charge in [-0.05, 0) is 63.9 Å². The van der Waals surface area contributed by atoms with Gasteiger partial charge in [0.05, 0.1) is 34.4 Å². The van der Waals surface area contributed by atoms with Crippen molar-refractivity contribution in [1.29, 1.82) is 0 Å². The number of rotatable bonds is 9. The Bertz CT molecular complexity index is 1570. The Balaban J connectivity index is 1.45. The molecule has 0 aliphatic carbocycles. The summed E-state index contributed by atoms with van der Waals surface area (Å²) < 4.78 is 36.7. The molecule has 206 valence electrons. The number of para-hydroxylation sites is 1. The molecule has 3 heterocycles. The molecule has 1 fully saturated rings. The van der Waals surface area contributed by atoms with E-state index in [4.69, 9.17) is 9.72 Å². The number of hydrogen-bond acceptors (Lipinski definition) is 7. The number of thiazole rings is 1. The van der Waals surface area contributed by atoms with E-state index in [9.17, 15) is 13.2 Å². The van der Waals surface area contributed by atoms with Crippen molar-refractivity contribution in [2.75, 3.05) is 31.1 Å². The molecule has 1 aliphatic rings. The largest absolute Gasteiger partial charge is 0.492 e. The fourth-order valence-electron chi connectivity index (χ4n) is 5.02. The monoisotopic (exact) mass is 567 g/mol. The summed E-state index contributed by atoms with van der Waals surface area (Å²) in [7, 11) is -3.69. The van der Waals surface area contributed by atoms with Gasteiger partial charge in [-0.1, -0.05) is 35.6 Å². The zero-order valence-corrected chi connectivity index (χ0v) is 24.0. The van der Waals surface area contributed by atoms with E-state index in [0.717, 1.165) is 21.6 Å². The Hall–Kier alpha value is -3.28. The first-order valence-corrected chi connectivity index (χ1v) is 15.4. The second kappa shape index (κ2) is 11.4. The van der Waals surface area contributed by atoms with Gasteiger partial charge in [-0.15, -0.1) is 0 Å². The lowest BCUT2D eigenvalue weighted by Crippen LogP contribution is -2.47. The molecule has 0 radical (unpaired) electrons. The van der Waals surface area contributed by atoms with E-state index in [2.05, 4.69) is 5.10 Å². The van der Waals surface area contributed by atoms with Crippen molar-refractivity contribution in [2.24, 2.45) is 5.92 Å². The van der Waals surface area contributed by atoms with Gasteiger partial charge in [0, 0.05) is 25.3 Å². The highest BCUT2D eigenvalue weighted by atomic mass is 32.2. The highest BCUT2D eigenvalue weighted by Crippen LogP contribution is 2.35. The van der Waals surface area contributed by atoms with Crippen molar-refractivity contribution in [2.45, 2.75) is 45.1 Å². The number of carbonyl (C=O) groups excluding carboxylic acids is 1. The minimum absolute atomic E-state index is 0.124. The second-order valence-electron chi connectivity index (χ2n) is 9.69. The van der Waals surface area contributed by atoms with Gasteiger partial charge >= 0.3 is 0 Å².